The van der Waals surface area contributed by atoms with E-state index in [1.807, 2.05) is 6.07 Å². The van der Waals surface area contributed by atoms with Gasteiger partial charge in [-0.2, -0.15) is 5.10 Å². The summed E-state index contributed by atoms with van der Waals surface area (Å²) in [7, 11) is 1.28. The van der Waals surface area contributed by atoms with E-state index in [9.17, 15) is 9.18 Å². The predicted molar refractivity (Wildman–Crippen MR) is 98.9 cm³/mol. The molecule has 0 aliphatic rings. The molecule has 0 saturated heterocycles. The number of rotatable bonds is 4. The van der Waals surface area contributed by atoms with Crippen LogP contribution in [0.25, 0.3) is 5.69 Å². The van der Waals surface area contributed by atoms with Crippen LogP contribution in [0, 0.1) is 12.7 Å². The number of hydrogen-bond donors (Lipinski definition) is 0. The Kier molecular flexibility index (Phi) is 5.30. The summed E-state index contributed by atoms with van der Waals surface area (Å²) in [6.07, 6.45) is 0.361. The molecule has 0 amide bonds. The Labute approximate surface area is 160 Å². The molecule has 0 N–H and O–H groups in total. The third-order valence-corrected chi connectivity index (χ3v) is 4.47. The van der Waals surface area contributed by atoms with Crippen molar-refractivity contribution in [1.82, 2.24) is 9.78 Å². The summed E-state index contributed by atoms with van der Waals surface area (Å²) in [5.41, 5.74) is 2.68. The van der Waals surface area contributed by atoms with E-state index in [4.69, 9.17) is 27.9 Å². The van der Waals surface area contributed by atoms with Crippen LogP contribution in [0.1, 0.15) is 27.3 Å². The summed E-state index contributed by atoms with van der Waals surface area (Å²) in [5.74, 6) is -0.851. The molecule has 1 aromatic heterocycles. The number of nitrogens with zero attached hydrogens (tertiary/aromatic N) is 2. The number of aromatic nitrogens is 2. The van der Waals surface area contributed by atoms with Gasteiger partial charge in [0.2, 0.25) is 0 Å². The van der Waals surface area contributed by atoms with Gasteiger partial charge in [-0.05, 0) is 48.4 Å². The van der Waals surface area contributed by atoms with E-state index >= 15 is 0 Å². The van der Waals surface area contributed by atoms with Gasteiger partial charge in [0, 0.05) is 17.1 Å². The maximum Gasteiger partial charge on any atom is 0.358 e. The molecule has 0 saturated carbocycles. The molecule has 3 rings (SSSR count). The summed E-state index contributed by atoms with van der Waals surface area (Å²) in [4.78, 5) is 11.9. The Morgan fingerprint density at radius 1 is 1.19 bits per heavy atom. The number of methoxy groups -OCH3 is 1. The fraction of sp³-hybridized carbons (Fsp3) is 0.158. The average Bonchev–Trinajstić information content (AvgIpc) is 3.01. The second kappa shape index (κ2) is 7.48. The highest BCUT2D eigenvalue weighted by molar-refractivity contribution is 6.35. The summed E-state index contributed by atoms with van der Waals surface area (Å²) in [6, 6.07) is 11.6. The molecule has 0 aliphatic carbocycles. The van der Waals surface area contributed by atoms with Crippen LogP contribution in [-0.4, -0.2) is 22.9 Å². The van der Waals surface area contributed by atoms with E-state index in [1.54, 1.807) is 41.9 Å². The van der Waals surface area contributed by atoms with Crippen LogP contribution in [-0.2, 0) is 11.2 Å². The molecule has 3 aromatic rings. The number of hydrogen-bond acceptors (Lipinski definition) is 3. The van der Waals surface area contributed by atoms with E-state index in [2.05, 4.69) is 5.10 Å². The van der Waals surface area contributed by atoms with Crippen molar-refractivity contribution in [2.24, 2.45) is 0 Å². The van der Waals surface area contributed by atoms with E-state index in [-0.39, 0.29) is 11.5 Å². The quantitative estimate of drug-likeness (QED) is 0.586. The molecule has 0 spiro atoms. The minimum Gasteiger partial charge on any atom is -0.464 e. The first kappa shape index (κ1) is 18.4. The van der Waals surface area contributed by atoms with Crippen LogP contribution in [0.15, 0.2) is 42.5 Å². The van der Waals surface area contributed by atoms with Crippen molar-refractivity contribution < 1.29 is 13.9 Å². The lowest BCUT2D eigenvalue weighted by Crippen LogP contribution is -2.06. The number of carbonyl (C=O) groups excluding carboxylic acids is 1. The fourth-order valence-electron chi connectivity index (χ4n) is 2.57. The monoisotopic (exact) mass is 392 g/mol. The Hall–Kier alpha value is -2.37. The number of aryl methyl sites for hydroxylation is 1. The van der Waals surface area contributed by atoms with E-state index in [0.717, 1.165) is 5.56 Å². The molecule has 26 heavy (non-hydrogen) atoms. The first-order valence-electron chi connectivity index (χ1n) is 7.76. The summed E-state index contributed by atoms with van der Waals surface area (Å²) in [5, 5.41) is 5.17. The Morgan fingerprint density at radius 3 is 2.62 bits per heavy atom. The molecule has 2 aromatic carbocycles. The van der Waals surface area contributed by atoms with Gasteiger partial charge < -0.3 is 4.74 Å². The van der Waals surface area contributed by atoms with E-state index in [0.29, 0.717) is 33.4 Å². The summed E-state index contributed by atoms with van der Waals surface area (Å²) in [6.45, 7) is 1.70. The minimum absolute atomic E-state index is 0.140. The van der Waals surface area contributed by atoms with Gasteiger partial charge in [-0.15, -0.1) is 0 Å². The third kappa shape index (κ3) is 3.74. The highest BCUT2D eigenvalue weighted by Crippen LogP contribution is 2.26. The van der Waals surface area contributed by atoms with Crippen molar-refractivity contribution in [3.63, 3.8) is 0 Å². The summed E-state index contributed by atoms with van der Waals surface area (Å²) >= 11 is 12.2. The SMILES string of the molecule is COC(=O)c1cc(Cc2ccc(C)c(F)c2)n(-c2ccc(Cl)cc2Cl)n1. The molecular weight excluding hydrogens is 378 g/mol. The van der Waals surface area contributed by atoms with Gasteiger partial charge in [-0.25, -0.2) is 13.9 Å². The number of esters is 1. The number of ether oxygens (including phenoxy) is 1. The Bertz CT molecular complexity index is 986. The second-order valence-corrected chi connectivity index (χ2v) is 6.62. The zero-order valence-corrected chi connectivity index (χ0v) is 15.6. The molecule has 0 bridgehead atoms. The largest absolute Gasteiger partial charge is 0.464 e. The van der Waals surface area contributed by atoms with Crippen LogP contribution in [0.2, 0.25) is 10.0 Å². The molecule has 1 heterocycles. The van der Waals surface area contributed by atoms with Gasteiger partial charge >= 0.3 is 5.97 Å². The molecule has 0 fully saturated rings. The van der Waals surface area contributed by atoms with Gasteiger partial charge in [0.05, 0.1) is 17.8 Å². The van der Waals surface area contributed by atoms with Crippen molar-refractivity contribution in [3.8, 4) is 5.69 Å². The average molecular weight is 393 g/mol. The molecule has 0 aliphatic heterocycles. The first-order valence-corrected chi connectivity index (χ1v) is 8.52. The lowest BCUT2D eigenvalue weighted by Gasteiger charge is -2.10. The normalized spacial score (nSPS) is 10.8. The van der Waals surface area contributed by atoms with Crippen LogP contribution in [0.5, 0.6) is 0 Å². The van der Waals surface area contributed by atoms with Crippen LogP contribution >= 0.6 is 23.2 Å². The molecule has 7 heteroatoms. The zero-order valence-electron chi connectivity index (χ0n) is 14.1. The van der Waals surface area contributed by atoms with Crippen LogP contribution < -0.4 is 0 Å². The number of halogens is 3. The lowest BCUT2D eigenvalue weighted by molar-refractivity contribution is 0.0593. The van der Waals surface area contributed by atoms with Crippen molar-refractivity contribution >= 4 is 29.2 Å². The minimum atomic E-state index is -0.565. The van der Waals surface area contributed by atoms with Crippen molar-refractivity contribution in [2.45, 2.75) is 13.3 Å². The van der Waals surface area contributed by atoms with Crippen LogP contribution in [0.3, 0.4) is 0 Å². The van der Waals surface area contributed by atoms with Crippen molar-refractivity contribution in [1.29, 1.82) is 0 Å². The van der Waals surface area contributed by atoms with Crippen molar-refractivity contribution in [3.05, 3.63) is 80.8 Å². The van der Waals surface area contributed by atoms with Gasteiger partial charge in [-0.1, -0.05) is 35.3 Å². The molecule has 134 valence electrons. The van der Waals surface area contributed by atoms with Gasteiger partial charge in [-0.3, -0.25) is 0 Å². The predicted octanol–water partition coefficient (Wildman–Crippen LogP) is 5.00. The maximum atomic E-state index is 13.9. The highest BCUT2D eigenvalue weighted by Gasteiger charge is 2.18. The maximum absolute atomic E-state index is 13.9. The third-order valence-electron chi connectivity index (χ3n) is 3.94. The molecule has 4 nitrogen and oxygen atoms in total. The lowest BCUT2D eigenvalue weighted by atomic mass is 10.1. The second-order valence-electron chi connectivity index (χ2n) is 5.78. The van der Waals surface area contributed by atoms with Crippen molar-refractivity contribution in [2.75, 3.05) is 7.11 Å². The molecular formula is C19H15Cl2FN2O2. The highest BCUT2D eigenvalue weighted by atomic mass is 35.5. The number of carbonyl (C=O) groups is 1. The zero-order chi connectivity index (χ0) is 18.8. The topological polar surface area (TPSA) is 44.1 Å². The number of benzene rings is 2. The van der Waals surface area contributed by atoms with Gasteiger partial charge in [0.25, 0.3) is 0 Å². The fourth-order valence-corrected chi connectivity index (χ4v) is 3.06. The summed E-state index contributed by atoms with van der Waals surface area (Å²) < 4.78 is 20.2. The van der Waals surface area contributed by atoms with E-state index < -0.39 is 5.97 Å². The van der Waals surface area contributed by atoms with Crippen LogP contribution in [0.4, 0.5) is 4.39 Å². The smallest absolute Gasteiger partial charge is 0.358 e. The van der Waals surface area contributed by atoms with E-state index in [1.165, 1.54) is 13.2 Å². The Balaban J connectivity index is 2.08. The van der Waals surface area contributed by atoms with Gasteiger partial charge in [0.1, 0.15) is 5.82 Å². The molecule has 0 atom stereocenters. The Morgan fingerprint density at radius 2 is 1.96 bits per heavy atom. The van der Waals surface area contributed by atoms with Gasteiger partial charge in [0.15, 0.2) is 5.69 Å². The standard InChI is InChI=1S/C19H15Cl2FN2O2/c1-11-3-4-12(8-16(11)22)7-14-10-17(19(25)26-2)23-24(14)18-6-5-13(20)9-15(18)21/h3-6,8-10H,7H2,1-2H3. The molecule has 0 unspecified atom stereocenters. The molecule has 0 radical (unpaired) electrons. The first-order chi connectivity index (χ1) is 12.4.